The van der Waals surface area contributed by atoms with E-state index in [1.54, 1.807) is 0 Å². The highest BCUT2D eigenvalue weighted by Gasteiger charge is 2.19. The summed E-state index contributed by atoms with van der Waals surface area (Å²) >= 11 is 1.87. The summed E-state index contributed by atoms with van der Waals surface area (Å²) in [5.74, 6) is 0. The molecule has 1 aliphatic heterocycles. The second-order valence-corrected chi connectivity index (χ2v) is 3.76. The van der Waals surface area contributed by atoms with Crippen molar-refractivity contribution in [2.45, 2.75) is 19.4 Å². The molecule has 2 heteroatoms. The Balaban J connectivity index is 2.17. The van der Waals surface area contributed by atoms with E-state index in [0.717, 1.165) is 0 Å². The van der Waals surface area contributed by atoms with Crippen molar-refractivity contribution < 1.29 is 0 Å². The predicted octanol–water partition coefficient (Wildman–Crippen LogP) is 2.09. The van der Waals surface area contributed by atoms with Gasteiger partial charge in [-0.05, 0) is 36.9 Å². The van der Waals surface area contributed by atoms with Gasteiger partial charge < -0.3 is 5.32 Å². The average molecular weight is 153 g/mol. The monoisotopic (exact) mass is 153 g/mol. The molecule has 1 aromatic heterocycles. The van der Waals surface area contributed by atoms with Crippen LogP contribution in [0.25, 0.3) is 0 Å². The molecule has 2 rings (SSSR count). The first-order chi connectivity index (χ1) is 4.86. The largest absolute Gasteiger partial charge is 0.309 e. The molecule has 0 bridgehead atoms. The molecule has 0 radical (unpaired) electrons. The van der Waals surface area contributed by atoms with Gasteiger partial charge in [-0.2, -0.15) is 0 Å². The molecule has 0 unspecified atom stereocenters. The Morgan fingerprint density at radius 1 is 1.70 bits per heavy atom. The SMILES string of the molecule is Cc1csc([C@@H]2CCN2)c1. The van der Waals surface area contributed by atoms with E-state index >= 15 is 0 Å². The minimum atomic E-state index is 0.679. The maximum atomic E-state index is 3.39. The highest BCUT2D eigenvalue weighted by atomic mass is 32.1. The van der Waals surface area contributed by atoms with E-state index in [1.807, 2.05) is 11.3 Å². The third kappa shape index (κ3) is 0.976. The fourth-order valence-corrected chi connectivity index (χ4v) is 2.18. The minimum absolute atomic E-state index is 0.679. The first-order valence-electron chi connectivity index (χ1n) is 3.65. The van der Waals surface area contributed by atoms with E-state index in [0.29, 0.717) is 6.04 Å². The van der Waals surface area contributed by atoms with Gasteiger partial charge in [-0.1, -0.05) is 0 Å². The van der Waals surface area contributed by atoms with Crippen LogP contribution in [0.5, 0.6) is 0 Å². The van der Waals surface area contributed by atoms with E-state index in [4.69, 9.17) is 0 Å². The van der Waals surface area contributed by atoms with Crippen molar-refractivity contribution in [3.05, 3.63) is 21.9 Å². The lowest BCUT2D eigenvalue weighted by molar-refractivity contribution is 0.389. The van der Waals surface area contributed by atoms with Gasteiger partial charge in [0.25, 0.3) is 0 Å². The lowest BCUT2D eigenvalue weighted by Crippen LogP contribution is -2.34. The van der Waals surface area contributed by atoms with Crippen LogP contribution >= 0.6 is 11.3 Å². The molecule has 0 amide bonds. The molecule has 1 nitrogen and oxygen atoms in total. The van der Waals surface area contributed by atoms with Gasteiger partial charge in [-0.15, -0.1) is 11.3 Å². The Bertz CT molecular complexity index is 225. The molecule has 1 saturated heterocycles. The standard InChI is InChI=1S/C8H11NS/c1-6-4-8(10-5-6)7-2-3-9-7/h4-5,7,9H,2-3H2,1H3/t7-/m0/s1. The fraction of sp³-hybridized carbons (Fsp3) is 0.500. The van der Waals surface area contributed by atoms with Gasteiger partial charge in [-0.3, -0.25) is 0 Å². The second-order valence-electron chi connectivity index (χ2n) is 2.82. The van der Waals surface area contributed by atoms with Gasteiger partial charge in [0.15, 0.2) is 0 Å². The van der Waals surface area contributed by atoms with Crippen molar-refractivity contribution in [1.82, 2.24) is 5.32 Å². The number of nitrogens with one attached hydrogen (secondary N) is 1. The number of rotatable bonds is 1. The maximum absolute atomic E-state index is 3.39. The summed E-state index contributed by atoms with van der Waals surface area (Å²) in [5, 5.41) is 5.60. The van der Waals surface area contributed by atoms with Gasteiger partial charge >= 0.3 is 0 Å². The van der Waals surface area contributed by atoms with E-state index in [2.05, 4.69) is 23.7 Å². The normalized spacial score (nSPS) is 24.3. The Morgan fingerprint density at radius 2 is 2.50 bits per heavy atom. The molecule has 2 heterocycles. The predicted molar refractivity (Wildman–Crippen MR) is 44.4 cm³/mol. The third-order valence-corrected chi connectivity index (χ3v) is 3.08. The zero-order valence-electron chi connectivity index (χ0n) is 6.05. The summed E-state index contributed by atoms with van der Waals surface area (Å²) in [6.45, 7) is 3.35. The van der Waals surface area contributed by atoms with Crippen LogP contribution in [0.15, 0.2) is 11.4 Å². The van der Waals surface area contributed by atoms with Gasteiger partial charge in [0.2, 0.25) is 0 Å². The van der Waals surface area contributed by atoms with E-state index in [1.165, 1.54) is 23.4 Å². The van der Waals surface area contributed by atoms with Crippen LogP contribution in [-0.4, -0.2) is 6.54 Å². The van der Waals surface area contributed by atoms with Crippen LogP contribution in [0.4, 0.5) is 0 Å². The average Bonchev–Trinajstić information content (AvgIpc) is 2.10. The molecular weight excluding hydrogens is 142 g/mol. The minimum Gasteiger partial charge on any atom is -0.309 e. The molecule has 0 aromatic carbocycles. The maximum Gasteiger partial charge on any atom is 0.0427 e. The Morgan fingerprint density at radius 3 is 2.90 bits per heavy atom. The van der Waals surface area contributed by atoms with Crippen molar-refractivity contribution in [3.8, 4) is 0 Å². The molecule has 0 saturated carbocycles. The van der Waals surface area contributed by atoms with Crippen LogP contribution in [0.1, 0.15) is 22.9 Å². The Hall–Kier alpha value is -0.340. The second kappa shape index (κ2) is 2.36. The molecule has 1 aromatic rings. The van der Waals surface area contributed by atoms with E-state index in [-0.39, 0.29) is 0 Å². The quantitative estimate of drug-likeness (QED) is 0.651. The number of hydrogen-bond donors (Lipinski definition) is 1. The lowest BCUT2D eigenvalue weighted by Gasteiger charge is -2.26. The first kappa shape index (κ1) is 6.38. The third-order valence-electron chi connectivity index (χ3n) is 1.92. The van der Waals surface area contributed by atoms with Gasteiger partial charge in [0.1, 0.15) is 0 Å². The topological polar surface area (TPSA) is 12.0 Å². The summed E-state index contributed by atoms with van der Waals surface area (Å²) in [4.78, 5) is 1.50. The van der Waals surface area contributed by atoms with Crippen molar-refractivity contribution in [1.29, 1.82) is 0 Å². The molecule has 1 aliphatic rings. The summed E-state index contributed by atoms with van der Waals surface area (Å²) in [6, 6.07) is 2.96. The van der Waals surface area contributed by atoms with Crippen LogP contribution < -0.4 is 5.32 Å². The fourth-order valence-electron chi connectivity index (χ4n) is 1.17. The van der Waals surface area contributed by atoms with Crippen LogP contribution in [0, 0.1) is 6.92 Å². The summed E-state index contributed by atoms with van der Waals surface area (Å²) in [5.41, 5.74) is 1.40. The summed E-state index contributed by atoms with van der Waals surface area (Å²) < 4.78 is 0. The first-order valence-corrected chi connectivity index (χ1v) is 4.52. The van der Waals surface area contributed by atoms with Crippen molar-refractivity contribution >= 4 is 11.3 Å². The molecule has 54 valence electrons. The number of aryl methyl sites for hydroxylation is 1. The van der Waals surface area contributed by atoms with E-state index in [9.17, 15) is 0 Å². The highest BCUT2D eigenvalue weighted by Crippen LogP contribution is 2.27. The number of hydrogen-bond acceptors (Lipinski definition) is 2. The van der Waals surface area contributed by atoms with Crippen molar-refractivity contribution in [3.63, 3.8) is 0 Å². The van der Waals surface area contributed by atoms with Crippen LogP contribution in [0.3, 0.4) is 0 Å². The zero-order valence-corrected chi connectivity index (χ0v) is 6.87. The molecule has 1 N–H and O–H groups in total. The highest BCUT2D eigenvalue weighted by molar-refractivity contribution is 7.10. The lowest BCUT2D eigenvalue weighted by atomic mass is 10.1. The smallest absolute Gasteiger partial charge is 0.0427 e. The van der Waals surface area contributed by atoms with Crippen LogP contribution in [-0.2, 0) is 0 Å². The Labute approximate surface area is 65.1 Å². The van der Waals surface area contributed by atoms with Crippen LogP contribution in [0.2, 0.25) is 0 Å². The summed E-state index contributed by atoms with van der Waals surface area (Å²) in [6.07, 6.45) is 1.32. The molecule has 1 atom stereocenters. The molecule has 10 heavy (non-hydrogen) atoms. The van der Waals surface area contributed by atoms with Gasteiger partial charge in [0.05, 0.1) is 0 Å². The van der Waals surface area contributed by atoms with E-state index < -0.39 is 0 Å². The molecule has 1 fully saturated rings. The van der Waals surface area contributed by atoms with Gasteiger partial charge in [-0.25, -0.2) is 0 Å². The van der Waals surface area contributed by atoms with Crippen molar-refractivity contribution in [2.24, 2.45) is 0 Å². The zero-order chi connectivity index (χ0) is 6.97. The number of thiophene rings is 1. The summed E-state index contributed by atoms with van der Waals surface area (Å²) in [7, 11) is 0. The molecular formula is C8H11NS. The van der Waals surface area contributed by atoms with Crippen molar-refractivity contribution in [2.75, 3.05) is 6.54 Å². The van der Waals surface area contributed by atoms with Gasteiger partial charge in [0, 0.05) is 10.9 Å². The molecule has 0 spiro atoms. The molecule has 0 aliphatic carbocycles. The Kier molecular flexibility index (Phi) is 1.51.